The van der Waals surface area contributed by atoms with Crippen molar-refractivity contribution in [3.63, 3.8) is 0 Å². The largest absolute Gasteiger partial charge is 0.300 e. The number of rotatable bonds is 2. The summed E-state index contributed by atoms with van der Waals surface area (Å²) in [5.41, 5.74) is 4.24. The number of amides is 1. The molecule has 3 nitrogen and oxygen atoms in total. The Bertz CT molecular complexity index is 1230. The van der Waals surface area contributed by atoms with Gasteiger partial charge < -0.3 is 4.90 Å². The Morgan fingerprint density at radius 1 is 0.968 bits per heavy atom. The second-order valence-corrected chi connectivity index (χ2v) is 9.54. The monoisotopic (exact) mass is 432 g/mol. The molecule has 0 aliphatic carbocycles. The quantitative estimate of drug-likeness (QED) is 0.459. The minimum absolute atomic E-state index is 0.116. The van der Waals surface area contributed by atoms with Crippen molar-refractivity contribution >= 4 is 34.6 Å². The van der Waals surface area contributed by atoms with Gasteiger partial charge in [-0.25, -0.2) is 9.38 Å². The fourth-order valence-electron chi connectivity index (χ4n) is 5.19. The molecule has 3 aromatic carbocycles. The average Bonchev–Trinajstić information content (AvgIpc) is 3.01. The molecule has 2 heterocycles. The molecule has 2 aliphatic heterocycles. The van der Waals surface area contributed by atoms with E-state index in [-0.39, 0.29) is 17.1 Å². The van der Waals surface area contributed by atoms with Crippen molar-refractivity contribution < 1.29 is 9.18 Å². The summed E-state index contributed by atoms with van der Waals surface area (Å²) in [6.45, 7) is 6.42. The molecule has 0 saturated heterocycles. The summed E-state index contributed by atoms with van der Waals surface area (Å²) >= 11 is 6.14. The van der Waals surface area contributed by atoms with Gasteiger partial charge in [-0.2, -0.15) is 0 Å². The first-order chi connectivity index (χ1) is 14.7. The van der Waals surface area contributed by atoms with Crippen LogP contribution >= 0.6 is 11.6 Å². The van der Waals surface area contributed by atoms with Crippen molar-refractivity contribution in [3.8, 4) is 0 Å². The molecule has 5 heteroatoms. The van der Waals surface area contributed by atoms with Crippen LogP contribution in [0.5, 0.6) is 0 Å². The van der Waals surface area contributed by atoms with E-state index >= 15 is 0 Å². The lowest BCUT2D eigenvalue weighted by molar-refractivity contribution is -0.113. The van der Waals surface area contributed by atoms with Crippen LogP contribution in [0.3, 0.4) is 0 Å². The van der Waals surface area contributed by atoms with Crippen molar-refractivity contribution in [1.82, 2.24) is 0 Å². The molecule has 0 spiro atoms. The predicted molar refractivity (Wildman–Crippen MR) is 123 cm³/mol. The zero-order chi connectivity index (χ0) is 22.0. The van der Waals surface area contributed by atoms with Gasteiger partial charge in [0.1, 0.15) is 11.5 Å². The van der Waals surface area contributed by atoms with Crippen molar-refractivity contribution in [2.75, 3.05) is 4.90 Å². The van der Waals surface area contributed by atoms with E-state index < -0.39 is 5.54 Å². The van der Waals surface area contributed by atoms with Crippen molar-refractivity contribution in [1.29, 1.82) is 0 Å². The topological polar surface area (TPSA) is 32.7 Å². The van der Waals surface area contributed by atoms with Crippen molar-refractivity contribution in [2.45, 2.75) is 38.1 Å². The average molecular weight is 433 g/mol. The number of halogens is 2. The third-order valence-corrected chi connectivity index (χ3v) is 6.71. The SMILES string of the molecule is CC1(C)C[C@@](C)(c2ccc(Cl)cc2)c2cccc3c2N1C(=O)C3=Nc1ccc(F)cc1. The zero-order valence-corrected chi connectivity index (χ0v) is 18.4. The number of carbonyl (C=O) groups is 1. The summed E-state index contributed by atoms with van der Waals surface area (Å²) in [6.07, 6.45) is 0.758. The Kier molecular flexibility index (Phi) is 4.35. The number of hydrogen-bond donors (Lipinski definition) is 0. The molecule has 1 atom stereocenters. The van der Waals surface area contributed by atoms with E-state index in [2.05, 4.69) is 44.0 Å². The fourth-order valence-corrected chi connectivity index (χ4v) is 5.31. The van der Waals surface area contributed by atoms with Gasteiger partial charge in [-0.3, -0.25) is 4.79 Å². The fraction of sp³-hybridized carbons (Fsp3) is 0.231. The lowest BCUT2D eigenvalue weighted by atomic mass is 9.65. The van der Waals surface area contributed by atoms with E-state index in [1.807, 2.05) is 29.2 Å². The third kappa shape index (κ3) is 3.01. The maximum Gasteiger partial charge on any atom is 0.278 e. The van der Waals surface area contributed by atoms with Gasteiger partial charge in [0.25, 0.3) is 5.91 Å². The van der Waals surface area contributed by atoms with Crippen LogP contribution in [-0.4, -0.2) is 17.2 Å². The maximum atomic E-state index is 13.6. The minimum atomic E-state index is -0.422. The number of anilines is 1. The van der Waals surface area contributed by atoms with Crippen LogP contribution in [0.25, 0.3) is 0 Å². The third-order valence-electron chi connectivity index (χ3n) is 6.46. The Labute approximate surface area is 186 Å². The van der Waals surface area contributed by atoms with Gasteiger partial charge in [0.15, 0.2) is 0 Å². The molecule has 0 aromatic heterocycles. The molecule has 0 radical (unpaired) electrons. The molecule has 1 amide bonds. The Morgan fingerprint density at radius 2 is 1.65 bits per heavy atom. The number of carbonyl (C=O) groups excluding carboxylic acids is 1. The summed E-state index contributed by atoms with van der Waals surface area (Å²) in [5, 5.41) is 0.700. The predicted octanol–water partition coefficient (Wildman–Crippen LogP) is 6.43. The maximum absolute atomic E-state index is 13.6. The van der Waals surface area contributed by atoms with Gasteiger partial charge in [0.05, 0.1) is 11.4 Å². The highest BCUT2D eigenvalue weighted by Crippen LogP contribution is 2.54. The molecule has 0 fully saturated rings. The molecule has 5 rings (SSSR count). The van der Waals surface area contributed by atoms with Crippen LogP contribution in [0, 0.1) is 5.82 Å². The van der Waals surface area contributed by atoms with E-state index in [1.54, 1.807) is 12.1 Å². The molecule has 0 N–H and O–H groups in total. The molecule has 2 aliphatic rings. The molecule has 31 heavy (non-hydrogen) atoms. The number of nitrogens with zero attached hydrogens (tertiary/aromatic N) is 2. The minimum Gasteiger partial charge on any atom is -0.300 e. The number of para-hydroxylation sites is 1. The first-order valence-corrected chi connectivity index (χ1v) is 10.7. The van der Waals surface area contributed by atoms with Crippen LogP contribution in [0.15, 0.2) is 71.7 Å². The standard InChI is InChI=1S/C26H22ClFN2O/c1-25(2)15-26(3,16-7-9-17(27)10-8-16)21-6-4-5-20-22(24(31)30(25)23(20)21)29-19-13-11-18(28)12-14-19/h4-14H,15H2,1-3H3/t26-/m0/s1. The van der Waals surface area contributed by atoms with Gasteiger partial charge >= 0.3 is 0 Å². The van der Waals surface area contributed by atoms with E-state index in [4.69, 9.17) is 11.6 Å². The van der Waals surface area contributed by atoms with E-state index in [1.165, 1.54) is 12.1 Å². The second kappa shape index (κ2) is 6.76. The lowest BCUT2D eigenvalue weighted by Gasteiger charge is -2.49. The first-order valence-electron chi connectivity index (χ1n) is 10.3. The highest BCUT2D eigenvalue weighted by atomic mass is 35.5. The van der Waals surface area contributed by atoms with E-state index in [0.29, 0.717) is 16.4 Å². The summed E-state index contributed by atoms with van der Waals surface area (Å²) in [7, 11) is 0. The van der Waals surface area contributed by atoms with Crippen molar-refractivity contribution in [2.24, 2.45) is 4.99 Å². The number of benzene rings is 3. The molecule has 156 valence electrons. The molecule has 0 saturated carbocycles. The van der Waals surface area contributed by atoms with Crippen LogP contribution in [0.4, 0.5) is 15.8 Å². The number of hydrogen-bond acceptors (Lipinski definition) is 2. The highest BCUT2D eigenvalue weighted by molar-refractivity contribution is 6.55. The molecule has 3 aromatic rings. The molecule has 0 unspecified atom stereocenters. The smallest absolute Gasteiger partial charge is 0.278 e. The highest BCUT2D eigenvalue weighted by Gasteiger charge is 2.53. The van der Waals surface area contributed by atoms with Crippen LogP contribution in [-0.2, 0) is 10.2 Å². The Morgan fingerprint density at radius 3 is 2.32 bits per heavy atom. The van der Waals surface area contributed by atoms with E-state index in [9.17, 15) is 9.18 Å². The zero-order valence-electron chi connectivity index (χ0n) is 17.6. The summed E-state index contributed by atoms with van der Waals surface area (Å²) < 4.78 is 13.3. The van der Waals surface area contributed by atoms with Gasteiger partial charge in [0.2, 0.25) is 0 Å². The molecular weight excluding hydrogens is 411 g/mol. The normalized spacial score (nSPS) is 22.7. The number of aliphatic imine (C=N–C) groups is 1. The Hall–Kier alpha value is -2.98. The molecular formula is C26H22ClFN2O. The van der Waals surface area contributed by atoms with Crippen LogP contribution in [0.2, 0.25) is 5.02 Å². The molecule has 0 bridgehead atoms. The van der Waals surface area contributed by atoms with Crippen molar-refractivity contribution in [3.05, 3.63) is 94.3 Å². The van der Waals surface area contributed by atoms with Gasteiger partial charge in [-0.1, -0.05) is 48.9 Å². The summed E-state index contributed by atoms with van der Waals surface area (Å²) in [6, 6.07) is 19.9. The first kappa shape index (κ1) is 20.0. The summed E-state index contributed by atoms with van der Waals surface area (Å²) in [4.78, 5) is 20.1. The second-order valence-electron chi connectivity index (χ2n) is 9.11. The van der Waals surface area contributed by atoms with Gasteiger partial charge in [-0.05, 0) is 67.8 Å². The van der Waals surface area contributed by atoms with Gasteiger partial charge in [0, 0.05) is 21.5 Å². The summed E-state index contributed by atoms with van der Waals surface area (Å²) in [5.74, 6) is -0.446. The lowest BCUT2D eigenvalue weighted by Crippen LogP contribution is -2.54. The van der Waals surface area contributed by atoms with Crippen LogP contribution < -0.4 is 4.90 Å². The Balaban J connectivity index is 1.73. The van der Waals surface area contributed by atoms with Crippen LogP contribution in [0.1, 0.15) is 43.9 Å². The van der Waals surface area contributed by atoms with E-state index in [0.717, 1.165) is 28.8 Å². The van der Waals surface area contributed by atoms with Gasteiger partial charge in [-0.15, -0.1) is 0 Å².